The minimum absolute atomic E-state index is 0.0831. The summed E-state index contributed by atoms with van der Waals surface area (Å²) in [7, 11) is -2.23. The summed E-state index contributed by atoms with van der Waals surface area (Å²) in [5.74, 6) is -0.490. The van der Waals surface area contributed by atoms with Crippen molar-refractivity contribution < 1.29 is 22.9 Å². The van der Waals surface area contributed by atoms with Crippen molar-refractivity contribution in [2.75, 3.05) is 31.8 Å². The average molecular weight is 466 g/mol. The zero-order valence-electron chi connectivity index (χ0n) is 17.1. The molecule has 11 heteroatoms. The minimum atomic E-state index is -3.63. The van der Waals surface area contributed by atoms with Crippen LogP contribution in [-0.4, -0.2) is 50.0 Å². The Kier molecular flexibility index (Phi) is 7.19. The Labute approximate surface area is 185 Å². The number of sulfonamides is 1. The molecule has 9 nitrogen and oxygen atoms in total. The molecule has 0 aromatic heterocycles. The molecular formula is C20H23N3O6S2. The fourth-order valence-corrected chi connectivity index (χ4v) is 5.26. The van der Waals surface area contributed by atoms with Gasteiger partial charge in [0.05, 0.1) is 23.0 Å². The number of anilines is 1. The van der Waals surface area contributed by atoms with Crippen LogP contribution in [0.1, 0.15) is 12.8 Å². The van der Waals surface area contributed by atoms with E-state index in [1.54, 1.807) is 24.3 Å². The molecule has 0 aliphatic carbocycles. The zero-order chi connectivity index (χ0) is 22.6. The van der Waals surface area contributed by atoms with Gasteiger partial charge in [0, 0.05) is 23.9 Å². The summed E-state index contributed by atoms with van der Waals surface area (Å²) in [5.41, 5.74) is -0.180. The van der Waals surface area contributed by atoms with Gasteiger partial charge in [0.1, 0.15) is 11.4 Å². The van der Waals surface area contributed by atoms with Crippen LogP contribution in [-0.2, 0) is 14.8 Å². The van der Waals surface area contributed by atoms with Gasteiger partial charge < -0.3 is 10.1 Å². The molecule has 0 unspecified atom stereocenters. The largest absolute Gasteiger partial charge is 0.496 e. The fourth-order valence-electron chi connectivity index (χ4n) is 3.39. The van der Waals surface area contributed by atoms with Gasteiger partial charge in [-0.2, -0.15) is 4.31 Å². The quantitative estimate of drug-likeness (QED) is 0.378. The summed E-state index contributed by atoms with van der Waals surface area (Å²) in [6, 6.07) is 10.9. The second-order valence-electron chi connectivity index (χ2n) is 6.98. The smallest absolute Gasteiger partial charge is 0.296 e. The summed E-state index contributed by atoms with van der Waals surface area (Å²) < 4.78 is 32.1. The molecule has 1 heterocycles. The summed E-state index contributed by atoms with van der Waals surface area (Å²) in [6.45, 7) is 0.408. The number of methoxy groups -OCH3 is 1. The van der Waals surface area contributed by atoms with E-state index in [9.17, 15) is 23.3 Å². The van der Waals surface area contributed by atoms with E-state index in [0.29, 0.717) is 18.6 Å². The van der Waals surface area contributed by atoms with E-state index in [0.717, 1.165) is 4.90 Å². The molecule has 166 valence electrons. The molecule has 0 saturated carbocycles. The highest BCUT2D eigenvalue weighted by molar-refractivity contribution is 7.98. The van der Waals surface area contributed by atoms with E-state index in [-0.39, 0.29) is 35.3 Å². The lowest BCUT2D eigenvalue weighted by Crippen LogP contribution is -2.41. The molecule has 3 rings (SSSR count). The molecular weight excluding hydrogens is 442 g/mol. The maximum Gasteiger partial charge on any atom is 0.296 e. The van der Waals surface area contributed by atoms with Crippen molar-refractivity contribution in [1.82, 2.24) is 4.31 Å². The van der Waals surface area contributed by atoms with Crippen LogP contribution >= 0.6 is 11.8 Å². The Bertz CT molecular complexity index is 1060. The molecule has 1 amide bonds. The van der Waals surface area contributed by atoms with Gasteiger partial charge in [-0.1, -0.05) is 0 Å². The minimum Gasteiger partial charge on any atom is -0.496 e. The summed E-state index contributed by atoms with van der Waals surface area (Å²) in [6.07, 6.45) is 2.58. The lowest BCUT2D eigenvalue weighted by molar-refractivity contribution is -0.384. The zero-order valence-corrected chi connectivity index (χ0v) is 18.7. The SMILES string of the molecule is COc1ccc(NC(=O)C2CCN(S(=O)(=O)c3ccc(SC)cc3)CC2)c([N+](=O)[O-])c1. The number of rotatable bonds is 7. The number of ether oxygens (including phenoxy) is 1. The van der Waals surface area contributed by atoms with Crippen molar-refractivity contribution in [3.8, 4) is 5.75 Å². The van der Waals surface area contributed by atoms with Gasteiger partial charge in [0.25, 0.3) is 5.69 Å². The average Bonchev–Trinajstić information content (AvgIpc) is 2.79. The predicted octanol–water partition coefficient (Wildman–Crippen LogP) is 3.36. The van der Waals surface area contributed by atoms with Gasteiger partial charge in [-0.05, 0) is 55.5 Å². The van der Waals surface area contributed by atoms with Crippen LogP contribution < -0.4 is 10.1 Å². The van der Waals surface area contributed by atoms with Crippen LogP contribution in [0.5, 0.6) is 5.75 Å². The normalized spacial score (nSPS) is 15.4. The number of hydrogen-bond donors (Lipinski definition) is 1. The van der Waals surface area contributed by atoms with E-state index in [1.807, 2.05) is 6.26 Å². The maximum absolute atomic E-state index is 12.9. The molecule has 31 heavy (non-hydrogen) atoms. The number of amides is 1. The number of carbonyl (C=O) groups is 1. The highest BCUT2D eigenvalue weighted by Gasteiger charge is 2.32. The molecule has 0 radical (unpaired) electrons. The second-order valence-corrected chi connectivity index (χ2v) is 9.80. The highest BCUT2D eigenvalue weighted by atomic mass is 32.2. The third-order valence-corrected chi connectivity index (χ3v) is 7.84. The van der Waals surface area contributed by atoms with Crippen LogP contribution in [0.2, 0.25) is 0 Å². The number of nitro groups is 1. The molecule has 1 aliphatic rings. The molecule has 1 saturated heterocycles. The molecule has 1 fully saturated rings. The van der Waals surface area contributed by atoms with Crippen LogP contribution in [0, 0.1) is 16.0 Å². The van der Waals surface area contributed by atoms with E-state index < -0.39 is 20.9 Å². The fraction of sp³-hybridized carbons (Fsp3) is 0.350. The number of thioether (sulfide) groups is 1. The monoisotopic (exact) mass is 465 g/mol. The third kappa shape index (κ3) is 5.17. The first-order chi connectivity index (χ1) is 14.8. The van der Waals surface area contributed by atoms with Crippen molar-refractivity contribution >= 4 is 39.1 Å². The van der Waals surface area contributed by atoms with E-state index in [2.05, 4.69) is 5.32 Å². The third-order valence-electron chi connectivity index (χ3n) is 5.18. The Balaban J connectivity index is 1.65. The number of hydrogen-bond acceptors (Lipinski definition) is 7. The molecule has 0 spiro atoms. The molecule has 0 bridgehead atoms. The van der Waals surface area contributed by atoms with Crippen molar-refractivity contribution in [3.63, 3.8) is 0 Å². The Morgan fingerprint density at radius 2 is 1.84 bits per heavy atom. The van der Waals surface area contributed by atoms with Gasteiger partial charge in [-0.15, -0.1) is 11.8 Å². The number of benzene rings is 2. The van der Waals surface area contributed by atoms with Crippen LogP contribution in [0.15, 0.2) is 52.3 Å². The molecule has 1 aliphatic heterocycles. The molecule has 2 aromatic carbocycles. The lowest BCUT2D eigenvalue weighted by atomic mass is 9.97. The first-order valence-corrected chi connectivity index (χ1v) is 12.2. The van der Waals surface area contributed by atoms with Gasteiger partial charge in [-0.3, -0.25) is 14.9 Å². The topological polar surface area (TPSA) is 119 Å². The van der Waals surface area contributed by atoms with Crippen molar-refractivity contribution in [1.29, 1.82) is 0 Å². The number of nitrogens with one attached hydrogen (secondary N) is 1. The number of nitro benzene ring substituents is 1. The Hall–Kier alpha value is -2.63. The van der Waals surface area contributed by atoms with E-state index in [4.69, 9.17) is 4.74 Å². The lowest BCUT2D eigenvalue weighted by Gasteiger charge is -2.30. The molecule has 0 atom stereocenters. The van der Waals surface area contributed by atoms with Gasteiger partial charge in [-0.25, -0.2) is 8.42 Å². The first-order valence-electron chi connectivity index (χ1n) is 9.53. The number of piperidine rings is 1. The number of nitrogens with zero attached hydrogens (tertiary/aromatic N) is 2. The molecule has 1 N–H and O–H groups in total. The standard InChI is InChI=1S/C20H23N3O6S2/c1-29-15-3-8-18(19(13-15)23(25)26)21-20(24)14-9-11-22(12-10-14)31(27,28)17-6-4-16(30-2)5-7-17/h3-8,13-14H,9-12H2,1-2H3,(H,21,24). The van der Waals surface area contributed by atoms with Crippen LogP contribution in [0.25, 0.3) is 0 Å². The number of carbonyl (C=O) groups excluding carboxylic acids is 1. The van der Waals surface area contributed by atoms with Crippen molar-refractivity contribution in [3.05, 3.63) is 52.6 Å². The maximum atomic E-state index is 12.9. The van der Waals surface area contributed by atoms with Crippen molar-refractivity contribution in [2.45, 2.75) is 22.6 Å². The van der Waals surface area contributed by atoms with Gasteiger partial charge in [0.15, 0.2) is 0 Å². The Morgan fingerprint density at radius 3 is 2.39 bits per heavy atom. The predicted molar refractivity (Wildman–Crippen MR) is 118 cm³/mol. The van der Waals surface area contributed by atoms with Gasteiger partial charge in [0.2, 0.25) is 15.9 Å². The van der Waals surface area contributed by atoms with Crippen molar-refractivity contribution in [2.24, 2.45) is 5.92 Å². The van der Waals surface area contributed by atoms with E-state index >= 15 is 0 Å². The molecule has 2 aromatic rings. The Morgan fingerprint density at radius 1 is 1.19 bits per heavy atom. The van der Waals surface area contributed by atoms with E-state index in [1.165, 1.54) is 41.4 Å². The first kappa shape index (κ1) is 23.0. The highest BCUT2D eigenvalue weighted by Crippen LogP contribution is 2.31. The summed E-state index contributed by atoms with van der Waals surface area (Å²) >= 11 is 1.53. The van der Waals surface area contributed by atoms with Crippen LogP contribution in [0.3, 0.4) is 0 Å². The summed E-state index contributed by atoms with van der Waals surface area (Å²) in [4.78, 5) is 24.6. The van der Waals surface area contributed by atoms with Crippen LogP contribution in [0.4, 0.5) is 11.4 Å². The summed E-state index contributed by atoms with van der Waals surface area (Å²) in [5, 5.41) is 13.9. The van der Waals surface area contributed by atoms with Gasteiger partial charge >= 0.3 is 0 Å². The second kappa shape index (κ2) is 9.67.